The third-order valence-corrected chi connectivity index (χ3v) is 5.50. The minimum absolute atomic E-state index is 0.582. The molecule has 0 radical (unpaired) electrons. The van der Waals surface area contributed by atoms with Gasteiger partial charge >= 0.3 is 0 Å². The van der Waals surface area contributed by atoms with Gasteiger partial charge in [-0.05, 0) is 48.8 Å². The topological polar surface area (TPSA) is 46.1 Å². The summed E-state index contributed by atoms with van der Waals surface area (Å²) in [6.07, 6.45) is 6.46. The maximum absolute atomic E-state index is 5.72. The van der Waals surface area contributed by atoms with Crippen LogP contribution in [0.15, 0.2) is 23.2 Å². The molecule has 3 rings (SSSR count). The molecule has 1 aliphatic carbocycles. The molecule has 138 valence electrons. The SMILES string of the molecule is CCCOc1ccc(CNC(=NC)N2CCC3(CCC3)C2)cc1OC. The van der Waals surface area contributed by atoms with Crippen molar-refractivity contribution in [3.8, 4) is 11.5 Å². The summed E-state index contributed by atoms with van der Waals surface area (Å²) in [5.74, 6) is 2.61. The molecule has 5 heteroatoms. The average molecular weight is 345 g/mol. The molecule has 5 nitrogen and oxygen atoms in total. The van der Waals surface area contributed by atoms with Crippen molar-refractivity contribution in [3.05, 3.63) is 23.8 Å². The summed E-state index contributed by atoms with van der Waals surface area (Å²) in [4.78, 5) is 6.90. The molecule has 0 bridgehead atoms. The van der Waals surface area contributed by atoms with Gasteiger partial charge in [0.1, 0.15) is 0 Å². The van der Waals surface area contributed by atoms with Crippen LogP contribution in [0.1, 0.15) is 44.6 Å². The molecule has 0 unspecified atom stereocenters. The highest BCUT2D eigenvalue weighted by Gasteiger charge is 2.43. The van der Waals surface area contributed by atoms with Crippen molar-refractivity contribution in [2.24, 2.45) is 10.4 Å². The summed E-state index contributed by atoms with van der Waals surface area (Å²) in [6, 6.07) is 6.13. The van der Waals surface area contributed by atoms with Gasteiger partial charge in [0, 0.05) is 26.7 Å². The number of rotatable bonds is 6. The van der Waals surface area contributed by atoms with Gasteiger partial charge in [0.25, 0.3) is 0 Å². The Balaban J connectivity index is 1.58. The van der Waals surface area contributed by atoms with E-state index in [4.69, 9.17) is 9.47 Å². The molecular weight excluding hydrogens is 314 g/mol. The van der Waals surface area contributed by atoms with E-state index >= 15 is 0 Å². The molecule has 1 aliphatic heterocycles. The molecule has 1 N–H and O–H groups in total. The van der Waals surface area contributed by atoms with Gasteiger partial charge in [-0.1, -0.05) is 19.4 Å². The van der Waals surface area contributed by atoms with Crippen molar-refractivity contribution in [2.45, 2.75) is 45.6 Å². The van der Waals surface area contributed by atoms with E-state index in [1.807, 2.05) is 19.2 Å². The lowest BCUT2D eigenvalue weighted by Gasteiger charge is -2.38. The smallest absolute Gasteiger partial charge is 0.193 e. The van der Waals surface area contributed by atoms with Gasteiger partial charge in [0.2, 0.25) is 0 Å². The molecule has 1 saturated heterocycles. The Morgan fingerprint density at radius 2 is 2.12 bits per heavy atom. The highest BCUT2D eigenvalue weighted by Crippen LogP contribution is 2.47. The van der Waals surface area contributed by atoms with Crippen molar-refractivity contribution in [2.75, 3.05) is 33.9 Å². The minimum Gasteiger partial charge on any atom is -0.493 e. The van der Waals surface area contributed by atoms with Crippen LogP contribution in [0, 0.1) is 5.41 Å². The monoisotopic (exact) mass is 345 g/mol. The molecule has 1 spiro atoms. The zero-order chi connectivity index (χ0) is 17.7. The number of guanidine groups is 1. The Labute approximate surface area is 151 Å². The predicted molar refractivity (Wildman–Crippen MR) is 101 cm³/mol. The summed E-state index contributed by atoms with van der Waals surface area (Å²) in [5, 5.41) is 3.51. The van der Waals surface area contributed by atoms with Crippen molar-refractivity contribution in [1.82, 2.24) is 10.2 Å². The van der Waals surface area contributed by atoms with Crippen LogP contribution in [0.2, 0.25) is 0 Å². The molecule has 25 heavy (non-hydrogen) atoms. The Kier molecular flexibility index (Phi) is 5.71. The molecule has 0 amide bonds. The largest absolute Gasteiger partial charge is 0.493 e. The lowest BCUT2D eigenvalue weighted by atomic mass is 9.68. The van der Waals surface area contributed by atoms with E-state index in [-0.39, 0.29) is 0 Å². The molecule has 2 aliphatic rings. The minimum atomic E-state index is 0.582. The average Bonchev–Trinajstić information content (AvgIpc) is 3.07. The fraction of sp³-hybridized carbons (Fsp3) is 0.650. The normalized spacial score (nSPS) is 19.0. The van der Waals surface area contributed by atoms with E-state index in [0.29, 0.717) is 12.0 Å². The van der Waals surface area contributed by atoms with Gasteiger partial charge in [-0.25, -0.2) is 0 Å². The lowest BCUT2D eigenvalue weighted by molar-refractivity contribution is 0.151. The van der Waals surface area contributed by atoms with Crippen LogP contribution in [0.4, 0.5) is 0 Å². The van der Waals surface area contributed by atoms with Gasteiger partial charge in [0.15, 0.2) is 17.5 Å². The van der Waals surface area contributed by atoms with E-state index in [1.54, 1.807) is 7.11 Å². The molecule has 1 heterocycles. The van der Waals surface area contributed by atoms with Gasteiger partial charge in [0.05, 0.1) is 13.7 Å². The van der Waals surface area contributed by atoms with Crippen molar-refractivity contribution < 1.29 is 9.47 Å². The van der Waals surface area contributed by atoms with E-state index in [2.05, 4.69) is 28.2 Å². The van der Waals surface area contributed by atoms with Crippen molar-refractivity contribution >= 4 is 5.96 Å². The van der Waals surface area contributed by atoms with Gasteiger partial charge in [-0.15, -0.1) is 0 Å². The van der Waals surface area contributed by atoms with E-state index < -0.39 is 0 Å². The number of nitrogens with one attached hydrogen (secondary N) is 1. The lowest BCUT2D eigenvalue weighted by Crippen LogP contribution is -2.42. The third-order valence-electron chi connectivity index (χ3n) is 5.50. The standard InChI is InChI=1S/C20H31N3O2/c1-4-12-25-17-7-6-16(13-18(17)24-3)14-22-19(21-2)23-11-10-20(15-23)8-5-9-20/h6-7,13H,4-5,8-12,14-15H2,1-3H3,(H,21,22). The zero-order valence-corrected chi connectivity index (χ0v) is 15.8. The number of nitrogens with zero attached hydrogens (tertiary/aromatic N) is 2. The molecule has 2 fully saturated rings. The van der Waals surface area contributed by atoms with Crippen LogP contribution < -0.4 is 14.8 Å². The van der Waals surface area contributed by atoms with Gasteiger partial charge in [-0.2, -0.15) is 0 Å². The number of aliphatic imine (C=N–C) groups is 1. The summed E-state index contributed by atoms with van der Waals surface area (Å²) in [7, 11) is 3.56. The highest BCUT2D eigenvalue weighted by molar-refractivity contribution is 5.80. The quantitative estimate of drug-likeness (QED) is 0.634. The zero-order valence-electron chi connectivity index (χ0n) is 15.8. The molecule has 1 aromatic rings. The number of hydrogen-bond donors (Lipinski definition) is 1. The Bertz CT molecular complexity index is 611. The predicted octanol–water partition coefficient (Wildman–Crippen LogP) is 3.44. The van der Waals surface area contributed by atoms with E-state index in [9.17, 15) is 0 Å². The van der Waals surface area contributed by atoms with Crippen molar-refractivity contribution in [3.63, 3.8) is 0 Å². The van der Waals surface area contributed by atoms with Crippen LogP contribution in [0.5, 0.6) is 11.5 Å². The molecule has 0 aromatic heterocycles. The fourth-order valence-corrected chi connectivity index (χ4v) is 3.87. The Morgan fingerprint density at radius 1 is 1.28 bits per heavy atom. The molecular formula is C20H31N3O2. The van der Waals surface area contributed by atoms with Gasteiger partial charge < -0.3 is 19.7 Å². The number of hydrogen-bond acceptors (Lipinski definition) is 3. The summed E-state index contributed by atoms with van der Waals surface area (Å²) < 4.78 is 11.2. The van der Waals surface area contributed by atoms with Gasteiger partial charge in [-0.3, -0.25) is 4.99 Å². The molecule has 1 aromatic carbocycles. The second kappa shape index (κ2) is 7.98. The maximum atomic E-state index is 5.72. The first kappa shape index (κ1) is 17.9. The second-order valence-electron chi connectivity index (χ2n) is 7.26. The van der Waals surface area contributed by atoms with E-state index in [0.717, 1.165) is 43.5 Å². The number of likely N-dealkylation sites (tertiary alicyclic amines) is 1. The van der Waals surface area contributed by atoms with Crippen LogP contribution in [0.25, 0.3) is 0 Å². The number of benzene rings is 1. The maximum Gasteiger partial charge on any atom is 0.193 e. The van der Waals surface area contributed by atoms with Crippen LogP contribution in [-0.4, -0.2) is 44.7 Å². The number of methoxy groups -OCH3 is 1. The number of ether oxygens (including phenoxy) is 2. The Morgan fingerprint density at radius 3 is 2.72 bits per heavy atom. The summed E-state index contributed by atoms with van der Waals surface area (Å²) in [5.41, 5.74) is 1.75. The van der Waals surface area contributed by atoms with Crippen molar-refractivity contribution in [1.29, 1.82) is 0 Å². The molecule has 0 atom stereocenters. The molecule has 1 saturated carbocycles. The first-order valence-corrected chi connectivity index (χ1v) is 9.45. The first-order valence-electron chi connectivity index (χ1n) is 9.45. The van der Waals surface area contributed by atoms with Crippen LogP contribution in [0.3, 0.4) is 0 Å². The highest BCUT2D eigenvalue weighted by atomic mass is 16.5. The third kappa shape index (κ3) is 4.02. The van der Waals surface area contributed by atoms with E-state index in [1.165, 1.54) is 31.2 Å². The fourth-order valence-electron chi connectivity index (χ4n) is 3.87. The van der Waals surface area contributed by atoms with Crippen LogP contribution >= 0.6 is 0 Å². The summed E-state index contributed by atoms with van der Waals surface area (Å²) in [6.45, 7) is 5.81. The first-order chi connectivity index (χ1) is 12.2. The second-order valence-corrected chi connectivity index (χ2v) is 7.26. The Hall–Kier alpha value is -1.91. The van der Waals surface area contributed by atoms with Crippen LogP contribution in [-0.2, 0) is 6.54 Å². The summed E-state index contributed by atoms with van der Waals surface area (Å²) >= 11 is 0.